The van der Waals surface area contributed by atoms with E-state index in [-0.39, 0.29) is 18.9 Å². The van der Waals surface area contributed by atoms with Gasteiger partial charge in [-0.1, -0.05) is 0 Å². The molecule has 6 heteroatoms. The molecule has 2 aliphatic rings. The zero-order valence-electron chi connectivity index (χ0n) is 11.9. The molecule has 4 nitrogen and oxygen atoms in total. The Kier molecular flexibility index (Phi) is 5.72. The van der Waals surface area contributed by atoms with Gasteiger partial charge in [-0.15, -0.1) is 0 Å². The van der Waals surface area contributed by atoms with Crippen LogP contribution in [0.15, 0.2) is 0 Å². The standard InChI is InChI=1S/C14H24F2N2O2/c15-12(16)11-20-10-1-13(19)18-8-4-14(5-9-18)2-6-17-7-3-14/h12,17H,1-11H2. The molecule has 2 heterocycles. The number of ether oxygens (including phenoxy) is 1. The Hall–Kier alpha value is -0.750. The molecule has 0 bridgehead atoms. The summed E-state index contributed by atoms with van der Waals surface area (Å²) in [5, 5.41) is 3.38. The van der Waals surface area contributed by atoms with Gasteiger partial charge in [0.2, 0.25) is 5.91 Å². The Morgan fingerprint density at radius 2 is 1.85 bits per heavy atom. The van der Waals surface area contributed by atoms with E-state index in [1.165, 1.54) is 12.8 Å². The van der Waals surface area contributed by atoms with Crippen molar-refractivity contribution in [1.82, 2.24) is 10.2 Å². The number of nitrogens with zero attached hydrogens (tertiary/aromatic N) is 1. The zero-order chi connectivity index (χ0) is 14.4. The summed E-state index contributed by atoms with van der Waals surface area (Å²) >= 11 is 0. The van der Waals surface area contributed by atoms with Crippen LogP contribution in [-0.4, -0.2) is 56.6 Å². The number of alkyl halides is 2. The topological polar surface area (TPSA) is 41.6 Å². The first-order chi connectivity index (χ1) is 9.61. The fourth-order valence-electron chi connectivity index (χ4n) is 3.18. The number of halogens is 2. The summed E-state index contributed by atoms with van der Waals surface area (Å²) < 4.78 is 28.5. The number of nitrogens with one attached hydrogen (secondary N) is 1. The summed E-state index contributed by atoms with van der Waals surface area (Å²) in [5.74, 6) is 0.0306. The van der Waals surface area contributed by atoms with Gasteiger partial charge < -0.3 is 15.0 Å². The van der Waals surface area contributed by atoms with Crippen molar-refractivity contribution in [3.8, 4) is 0 Å². The average Bonchev–Trinajstić information content (AvgIpc) is 2.45. The van der Waals surface area contributed by atoms with E-state index in [0.717, 1.165) is 39.0 Å². The molecule has 0 unspecified atom stereocenters. The van der Waals surface area contributed by atoms with Gasteiger partial charge in [0.25, 0.3) is 6.43 Å². The SMILES string of the molecule is O=C(CCOCC(F)F)N1CCC2(CCNCC2)CC1. The molecule has 1 spiro atoms. The van der Waals surface area contributed by atoms with E-state index < -0.39 is 13.0 Å². The summed E-state index contributed by atoms with van der Waals surface area (Å²) in [7, 11) is 0. The third-order valence-corrected chi connectivity index (χ3v) is 4.55. The van der Waals surface area contributed by atoms with Crippen molar-refractivity contribution in [1.29, 1.82) is 0 Å². The van der Waals surface area contributed by atoms with Crippen LogP contribution in [0, 0.1) is 5.41 Å². The van der Waals surface area contributed by atoms with Crippen LogP contribution in [-0.2, 0) is 9.53 Å². The Balaban J connectivity index is 1.66. The van der Waals surface area contributed by atoms with E-state index in [4.69, 9.17) is 4.74 Å². The highest BCUT2D eigenvalue weighted by molar-refractivity contribution is 5.76. The average molecular weight is 290 g/mol. The lowest BCUT2D eigenvalue weighted by Gasteiger charge is -2.44. The van der Waals surface area contributed by atoms with E-state index in [0.29, 0.717) is 5.41 Å². The molecule has 116 valence electrons. The molecule has 0 atom stereocenters. The molecule has 2 fully saturated rings. The number of piperidine rings is 2. The largest absolute Gasteiger partial charge is 0.375 e. The van der Waals surface area contributed by atoms with E-state index in [9.17, 15) is 13.6 Å². The number of likely N-dealkylation sites (tertiary alicyclic amines) is 1. The smallest absolute Gasteiger partial charge is 0.261 e. The minimum absolute atomic E-state index is 0.0306. The molecule has 0 aromatic carbocycles. The van der Waals surface area contributed by atoms with Crippen LogP contribution in [0.2, 0.25) is 0 Å². The van der Waals surface area contributed by atoms with Crippen LogP contribution in [0.1, 0.15) is 32.1 Å². The highest BCUT2D eigenvalue weighted by Gasteiger charge is 2.36. The summed E-state index contributed by atoms with van der Waals surface area (Å²) in [4.78, 5) is 13.8. The Bertz CT molecular complexity index is 310. The molecular weight excluding hydrogens is 266 g/mol. The van der Waals surface area contributed by atoms with Gasteiger partial charge in [0.1, 0.15) is 6.61 Å². The number of carbonyl (C=O) groups is 1. The van der Waals surface area contributed by atoms with Gasteiger partial charge >= 0.3 is 0 Å². The molecule has 0 aliphatic carbocycles. The van der Waals surface area contributed by atoms with Crippen molar-refractivity contribution in [2.45, 2.75) is 38.5 Å². The molecule has 2 saturated heterocycles. The van der Waals surface area contributed by atoms with Crippen molar-refractivity contribution < 1.29 is 18.3 Å². The zero-order valence-corrected chi connectivity index (χ0v) is 11.9. The molecule has 1 amide bonds. The van der Waals surface area contributed by atoms with E-state index >= 15 is 0 Å². The molecule has 0 radical (unpaired) electrons. The number of rotatable bonds is 5. The molecule has 20 heavy (non-hydrogen) atoms. The summed E-state index contributed by atoms with van der Waals surface area (Å²) in [5.41, 5.74) is 0.425. The molecule has 0 saturated carbocycles. The predicted molar refractivity (Wildman–Crippen MR) is 71.8 cm³/mol. The Morgan fingerprint density at radius 3 is 2.45 bits per heavy atom. The van der Waals surface area contributed by atoms with Gasteiger partial charge in [0.15, 0.2) is 0 Å². The maximum absolute atomic E-state index is 12.0. The second-order valence-electron chi connectivity index (χ2n) is 5.85. The molecule has 0 aromatic rings. The number of hydrogen-bond donors (Lipinski definition) is 1. The summed E-state index contributed by atoms with van der Waals surface area (Å²) in [6.45, 7) is 3.27. The Morgan fingerprint density at radius 1 is 1.20 bits per heavy atom. The van der Waals surface area contributed by atoms with Crippen LogP contribution in [0.5, 0.6) is 0 Å². The highest BCUT2D eigenvalue weighted by atomic mass is 19.3. The van der Waals surface area contributed by atoms with E-state index in [1.807, 2.05) is 4.90 Å². The predicted octanol–water partition coefficient (Wildman–Crippen LogP) is 1.65. The van der Waals surface area contributed by atoms with Crippen molar-refractivity contribution in [2.75, 3.05) is 39.4 Å². The van der Waals surface area contributed by atoms with E-state index in [2.05, 4.69) is 5.32 Å². The highest BCUT2D eigenvalue weighted by Crippen LogP contribution is 2.39. The molecular formula is C14H24F2N2O2. The second kappa shape index (κ2) is 7.31. The van der Waals surface area contributed by atoms with Crippen LogP contribution < -0.4 is 5.32 Å². The van der Waals surface area contributed by atoms with Crippen molar-refractivity contribution in [3.63, 3.8) is 0 Å². The van der Waals surface area contributed by atoms with Crippen LogP contribution >= 0.6 is 0 Å². The van der Waals surface area contributed by atoms with Gasteiger partial charge in [-0.25, -0.2) is 8.78 Å². The minimum Gasteiger partial charge on any atom is -0.375 e. The third kappa shape index (κ3) is 4.38. The van der Waals surface area contributed by atoms with Crippen LogP contribution in [0.4, 0.5) is 8.78 Å². The molecule has 2 rings (SSSR count). The van der Waals surface area contributed by atoms with Crippen LogP contribution in [0.25, 0.3) is 0 Å². The van der Waals surface area contributed by atoms with Crippen LogP contribution in [0.3, 0.4) is 0 Å². The second-order valence-corrected chi connectivity index (χ2v) is 5.85. The summed E-state index contributed by atoms with van der Waals surface area (Å²) in [6.07, 6.45) is 2.29. The fourth-order valence-corrected chi connectivity index (χ4v) is 3.18. The maximum atomic E-state index is 12.0. The molecule has 2 aliphatic heterocycles. The number of hydrogen-bond acceptors (Lipinski definition) is 3. The summed E-state index contributed by atoms with van der Waals surface area (Å²) in [6, 6.07) is 0. The van der Waals surface area contributed by atoms with E-state index in [1.54, 1.807) is 0 Å². The lowest BCUT2D eigenvalue weighted by Crippen LogP contribution is -2.47. The van der Waals surface area contributed by atoms with Crippen molar-refractivity contribution in [3.05, 3.63) is 0 Å². The first-order valence-corrected chi connectivity index (χ1v) is 7.46. The maximum Gasteiger partial charge on any atom is 0.261 e. The van der Waals surface area contributed by atoms with Crippen molar-refractivity contribution in [2.24, 2.45) is 5.41 Å². The Labute approximate surface area is 118 Å². The fraction of sp³-hybridized carbons (Fsp3) is 0.929. The van der Waals surface area contributed by atoms with Gasteiger partial charge in [-0.2, -0.15) is 0 Å². The minimum atomic E-state index is -2.46. The molecule has 0 aromatic heterocycles. The van der Waals surface area contributed by atoms with Gasteiger partial charge in [-0.3, -0.25) is 4.79 Å². The lowest BCUT2D eigenvalue weighted by atomic mass is 9.71. The molecule has 1 N–H and O–H groups in total. The van der Waals surface area contributed by atoms with Gasteiger partial charge in [0, 0.05) is 13.1 Å². The van der Waals surface area contributed by atoms with Gasteiger partial charge in [-0.05, 0) is 44.2 Å². The number of carbonyl (C=O) groups excluding carboxylic acids is 1. The first kappa shape index (κ1) is 15.6. The van der Waals surface area contributed by atoms with Crippen molar-refractivity contribution >= 4 is 5.91 Å². The third-order valence-electron chi connectivity index (χ3n) is 4.55. The van der Waals surface area contributed by atoms with Gasteiger partial charge in [0.05, 0.1) is 13.0 Å². The monoisotopic (exact) mass is 290 g/mol. The quantitative estimate of drug-likeness (QED) is 0.783. The normalized spacial score (nSPS) is 22.4. The lowest BCUT2D eigenvalue weighted by molar-refractivity contribution is -0.135. The number of amides is 1. The first-order valence-electron chi connectivity index (χ1n) is 7.46.